The molecule has 156 valence electrons. The number of hydrogen-bond acceptors (Lipinski definition) is 5. The summed E-state index contributed by atoms with van der Waals surface area (Å²) in [6, 6.07) is 3.35. The maximum Gasteiger partial charge on any atom is 0.244 e. The van der Waals surface area contributed by atoms with E-state index >= 15 is 0 Å². The van der Waals surface area contributed by atoms with Crippen molar-refractivity contribution in [2.24, 2.45) is 0 Å². The Kier molecular flexibility index (Phi) is 7.77. The molecule has 1 aromatic rings. The molecule has 3 rings (SSSR count). The first-order chi connectivity index (χ1) is 13.5. The molecule has 2 fully saturated rings. The van der Waals surface area contributed by atoms with E-state index in [-0.39, 0.29) is 16.1 Å². The normalized spacial score (nSPS) is 21.0. The lowest BCUT2D eigenvalue weighted by Crippen LogP contribution is -2.37. The van der Waals surface area contributed by atoms with Crippen LogP contribution in [-0.2, 0) is 14.8 Å². The summed E-state index contributed by atoms with van der Waals surface area (Å²) in [5.74, 6) is 0.148. The van der Waals surface area contributed by atoms with E-state index in [9.17, 15) is 13.2 Å². The van der Waals surface area contributed by atoms with Gasteiger partial charge in [0.25, 0.3) is 0 Å². The summed E-state index contributed by atoms with van der Waals surface area (Å²) in [6.07, 6.45) is 9.97. The molecule has 0 bridgehead atoms. The van der Waals surface area contributed by atoms with Crippen LogP contribution < -0.4 is 0 Å². The van der Waals surface area contributed by atoms with Gasteiger partial charge in [-0.1, -0.05) is 37.4 Å². The Morgan fingerprint density at radius 3 is 2.07 bits per heavy atom. The van der Waals surface area contributed by atoms with Gasteiger partial charge in [-0.15, -0.1) is 0 Å². The summed E-state index contributed by atoms with van der Waals surface area (Å²) in [5, 5.41) is 0.462. The van der Waals surface area contributed by atoms with Gasteiger partial charge in [0.1, 0.15) is 4.90 Å². The van der Waals surface area contributed by atoms with Gasteiger partial charge in [-0.05, 0) is 44.7 Å². The van der Waals surface area contributed by atoms with Crippen LogP contribution in [0.5, 0.6) is 0 Å². The van der Waals surface area contributed by atoms with Crippen LogP contribution >= 0.6 is 11.8 Å². The van der Waals surface area contributed by atoms with Crippen molar-refractivity contribution < 1.29 is 13.2 Å². The van der Waals surface area contributed by atoms with Crippen molar-refractivity contribution >= 4 is 27.7 Å². The van der Waals surface area contributed by atoms with Crippen molar-refractivity contribution in [3.05, 3.63) is 18.3 Å². The van der Waals surface area contributed by atoms with Crippen LogP contribution in [0, 0.1) is 0 Å². The van der Waals surface area contributed by atoms with Crippen molar-refractivity contribution in [1.29, 1.82) is 0 Å². The number of likely N-dealkylation sites (tertiary alicyclic amines) is 1. The molecule has 1 amide bonds. The molecule has 0 aliphatic carbocycles. The zero-order chi connectivity index (χ0) is 20.0. The molecule has 2 aliphatic rings. The molecule has 6 nitrogen and oxygen atoms in total. The summed E-state index contributed by atoms with van der Waals surface area (Å²) in [6.45, 7) is 4.75. The maximum absolute atomic E-state index is 12.8. The number of aromatic nitrogens is 1. The van der Waals surface area contributed by atoms with E-state index in [0.717, 1.165) is 51.6 Å². The Bertz CT molecular complexity index is 736. The fraction of sp³-hybridized carbons (Fsp3) is 0.700. The number of carbonyl (C=O) groups excluding carboxylic acids is 1. The molecule has 0 N–H and O–H groups in total. The second-order valence-electron chi connectivity index (χ2n) is 7.65. The van der Waals surface area contributed by atoms with E-state index in [0.29, 0.717) is 18.1 Å². The van der Waals surface area contributed by atoms with Crippen molar-refractivity contribution in [1.82, 2.24) is 14.2 Å². The highest BCUT2D eigenvalue weighted by atomic mass is 32.2. The van der Waals surface area contributed by atoms with Crippen molar-refractivity contribution in [2.45, 2.75) is 73.5 Å². The second-order valence-corrected chi connectivity index (χ2v) is 10.9. The smallest absolute Gasteiger partial charge is 0.244 e. The quantitative estimate of drug-likeness (QED) is 0.675. The molecule has 28 heavy (non-hydrogen) atoms. The van der Waals surface area contributed by atoms with Gasteiger partial charge in [0.05, 0.1) is 10.3 Å². The van der Waals surface area contributed by atoms with Crippen molar-refractivity contribution in [2.75, 3.05) is 26.2 Å². The number of sulfonamides is 1. The Labute approximate surface area is 173 Å². The van der Waals surface area contributed by atoms with E-state index in [1.807, 2.05) is 11.8 Å². The highest BCUT2D eigenvalue weighted by Crippen LogP contribution is 2.26. The molecular weight excluding hydrogens is 394 g/mol. The van der Waals surface area contributed by atoms with Gasteiger partial charge >= 0.3 is 0 Å². The SMILES string of the molecule is CC(Sc1ccc(S(=O)(=O)N2CCCCCC2)cn1)C(=O)N1CCCCCC1. The molecule has 2 saturated heterocycles. The molecule has 0 saturated carbocycles. The molecule has 0 spiro atoms. The largest absolute Gasteiger partial charge is 0.342 e. The van der Waals surface area contributed by atoms with Gasteiger partial charge in [-0.3, -0.25) is 4.79 Å². The fourth-order valence-corrected chi connectivity index (χ4v) is 6.14. The van der Waals surface area contributed by atoms with E-state index in [4.69, 9.17) is 0 Å². The lowest BCUT2D eigenvalue weighted by molar-refractivity contribution is -0.130. The van der Waals surface area contributed by atoms with Crippen LogP contribution in [0.1, 0.15) is 58.3 Å². The van der Waals surface area contributed by atoms with Gasteiger partial charge < -0.3 is 4.90 Å². The lowest BCUT2D eigenvalue weighted by atomic mass is 10.2. The van der Waals surface area contributed by atoms with Crippen LogP contribution in [0.3, 0.4) is 0 Å². The summed E-state index contributed by atoms with van der Waals surface area (Å²) >= 11 is 1.40. The summed E-state index contributed by atoms with van der Waals surface area (Å²) in [4.78, 5) is 19.2. The third-order valence-electron chi connectivity index (χ3n) is 5.48. The van der Waals surface area contributed by atoms with Crippen LogP contribution in [0.2, 0.25) is 0 Å². The predicted molar refractivity (Wildman–Crippen MR) is 112 cm³/mol. The first kappa shape index (κ1) is 21.6. The summed E-state index contributed by atoms with van der Waals surface area (Å²) in [7, 11) is -3.48. The van der Waals surface area contributed by atoms with E-state index < -0.39 is 10.0 Å². The molecule has 0 radical (unpaired) electrons. The zero-order valence-electron chi connectivity index (χ0n) is 16.7. The first-order valence-corrected chi connectivity index (χ1v) is 12.7. The number of pyridine rings is 1. The number of rotatable bonds is 5. The number of thioether (sulfide) groups is 1. The minimum absolute atomic E-state index is 0.148. The minimum atomic E-state index is -3.48. The molecular formula is C20H31N3O3S2. The van der Waals surface area contributed by atoms with Crippen LogP contribution in [0.15, 0.2) is 28.3 Å². The van der Waals surface area contributed by atoms with Gasteiger partial charge in [0.15, 0.2) is 0 Å². The highest BCUT2D eigenvalue weighted by Gasteiger charge is 2.26. The molecule has 2 aliphatic heterocycles. The number of carbonyl (C=O) groups is 1. The van der Waals surface area contributed by atoms with Crippen LogP contribution in [0.4, 0.5) is 0 Å². The average Bonchev–Trinajstić information content (AvgIpc) is 3.13. The van der Waals surface area contributed by atoms with Gasteiger partial charge in [-0.2, -0.15) is 4.31 Å². The van der Waals surface area contributed by atoms with Crippen LogP contribution in [0.25, 0.3) is 0 Å². The fourth-order valence-electron chi connectivity index (χ4n) is 3.80. The first-order valence-electron chi connectivity index (χ1n) is 10.4. The van der Waals surface area contributed by atoms with Gasteiger partial charge in [0, 0.05) is 32.4 Å². The summed E-state index contributed by atoms with van der Waals surface area (Å²) < 4.78 is 27.3. The monoisotopic (exact) mass is 425 g/mol. The zero-order valence-corrected chi connectivity index (χ0v) is 18.3. The number of hydrogen-bond donors (Lipinski definition) is 0. The summed E-state index contributed by atoms with van der Waals surface area (Å²) in [5.41, 5.74) is 0. The molecule has 8 heteroatoms. The number of amides is 1. The standard InChI is InChI=1S/C20H31N3O3S2/c1-17(20(24)22-12-6-2-3-7-13-22)27-19-11-10-18(16-21-19)28(25,26)23-14-8-4-5-9-15-23/h10-11,16-17H,2-9,12-15H2,1H3. The Balaban J connectivity index is 1.62. The third kappa shape index (κ3) is 5.48. The molecule has 1 unspecified atom stereocenters. The Morgan fingerprint density at radius 1 is 0.964 bits per heavy atom. The molecule has 3 heterocycles. The second kappa shape index (κ2) is 10.1. The van der Waals surface area contributed by atoms with Gasteiger partial charge in [-0.25, -0.2) is 13.4 Å². The van der Waals surface area contributed by atoms with E-state index in [1.54, 1.807) is 16.4 Å². The van der Waals surface area contributed by atoms with Crippen molar-refractivity contribution in [3.63, 3.8) is 0 Å². The average molecular weight is 426 g/mol. The lowest BCUT2D eigenvalue weighted by Gasteiger charge is -2.23. The molecule has 1 aromatic heterocycles. The molecule has 1 atom stereocenters. The van der Waals surface area contributed by atoms with Crippen molar-refractivity contribution in [3.8, 4) is 0 Å². The van der Waals surface area contributed by atoms with Gasteiger partial charge in [0.2, 0.25) is 15.9 Å². The Morgan fingerprint density at radius 2 is 1.54 bits per heavy atom. The minimum Gasteiger partial charge on any atom is -0.342 e. The van der Waals surface area contributed by atoms with E-state index in [2.05, 4.69) is 4.98 Å². The highest BCUT2D eigenvalue weighted by molar-refractivity contribution is 8.00. The Hall–Kier alpha value is -1.12. The topological polar surface area (TPSA) is 70.6 Å². The molecule has 0 aromatic carbocycles. The van der Waals surface area contributed by atoms with E-state index in [1.165, 1.54) is 30.8 Å². The maximum atomic E-state index is 12.8. The number of nitrogens with zero attached hydrogens (tertiary/aromatic N) is 3. The third-order valence-corrected chi connectivity index (χ3v) is 8.40. The van der Waals surface area contributed by atoms with Crippen LogP contribution in [-0.4, -0.2) is 59.9 Å². The predicted octanol–water partition coefficient (Wildman–Crippen LogP) is 3.53.